The Morgan fingerprint density at radius 1 is 1.55 bits per heavy atom. The minimum atomic E-state index is 0.440. The fourth-order valence-corrected chi connectivity index (χ4v) is 0.826. The molecule has 3 heteroatoms. The van der Waals surface area contributed by atoms with Gasteiger partial charge in [-0.1, -0.05) is 11.6 Å². The molecular formula is C8H5ClN2. The molecule has 0 spiro atoms. The van der Waals surface area contributed by atoms with Crippen molar-refractivity contribution < 1.29 is 0 Å². The number of nitriles is 1. The quantitative estimate of drug-likeness (QED) is 0.597. The highest BCUT2D eigenvalue weighted by Crippen LogP contribution is 2.16. The molecule has 0 unspecified atom stereocenters. The van der Waals surface area contributed by atoms with Gasteiger partial charge in [0.2, 0.25) is 0 Å². The molecular weight excluding hydrogens is 160 g/mol. The van der Waals surface area contributed by atoms with Crippen LogP contribution < -0.4 is 0 Å². The molecule has 2 nitrogen and oxygen atoms in total. The molecule has 0 saturated heterocycles. The van der Waals surface area contributed by atoms with E-state index < -0.39 is 0 Å². The Bertz CT molecular complexity index is 298. The van der Waals surface area contributed by atoms with Gasteiger partial charge in [0.1, 0.15) is 0 Å². The lowest BCUT2D eigenvalue weighted by atomic mass is 10.2. The van der Waals surface area contributed by atoms with E-state index in [9.17, 15) is 0 Å². The summed E-state index contributed by atoms with van der Waals surface area (Å²) in [5.74, 6) is 0. The SMILES string of the molecule is N#C/C=C(\Cl)c1ccncc1. The lowest BCUT2D eigenvalue weighted by molar-refractivity contribution is 1.32. The molecule has 0 N–H and O–H groups in total. The summed E-state index contributed by atoms with van der Waals surface area (Å²) < 4.78 is 0. The minimum absolute atomic E-state index is 0.440. The van der Waals surface area contributed by atoms with Crippen molar-refractivity contribution in [2.75, 3.05) is 0 Å². The van der Waals surface area contributed by atoms with Gasteiger partial charge in [-0.3, -0.25) is 4.98 Å². The van der Waals surface area contributed by atoms with E-state index in [1.54, 1.807) is 24.5 Å². The molecule has 0 aromatic carbocycles. The molecule has 0 amide bonds. The number of hydrogen-bond acceptors (Lipinski definition) is 2. The third kappa shape index (κ3) is 2.06. The lowest BCUT2D eigenvalue weighted by Gasteiger charge is -1.93. The maximum Gasteiger partial charge on any atom is 0.0927 e. The van der Waals surface area contributed by atoms with Gasteiger partial charge < -0.3 is 0 Å². The van der Waals surface area contributed by atoms with Gasteiger partial charge in [0, 0.05) is 18.5 Å². The first-order chi connectivity index (χ1) is 5.34. The lowest BCUT2D eigenvalue weighted by Crippen LogP contribution is -1.76. The fraction of sp³-hybridized carbons (Fsp3) is 0. The molecule has 0 aliphatic carbocycles. The Hall–Kier alpha value is -1.33. The third-order valence-corrected chi connectivity index (χ3v) is 1.47. The number of halogens is 1. The zero-order valence-electron chi connectivity index (χ0n) is 5.66. The van der Waals surface area contributed by atoms with E-state index in [-0.39, 0.29) is 0 Å². The van der Waals surface area contributed by atoms with Crippen LogP contribution in [0.2, 0.25) is 0 Å². The van der Waals surface area contributed by atoms with Crippen molar-refractivity contribution in [1.82, 2.24) is 4.98 Å². The van der Waals surface area contributed by atoms with E-state index in [0.717, 1.165) is 5.56 Å². The van der Waals surface area contributed by atoms with E-state index in [0.29, 0.717) is 5.03 Å². The van der Waals surface area contributed by atoms with Crippen LogP contribution in [0.4, 0.5) is 0 Å². The highest BCUT2D eigenvalue weighted by molar-refractivity contribution is 6.48. The number of pyridine rings is 1. The molecule has 0 radical (unpaired) electrons. The average Bonchev–Trinajstić information content (AvgIpc) is 2.07. The number of hydrogen-bond donors (Lipinski definition) is 0. The van der Waals surface area contributed by atoms with Gasteiger partial charge in [0.05, 0.1) is 11.1 Å². The molecule has 0 aliphatic rings. The zero-order valence-corrected chi connectivity index (χ0v) is 6.42. The first-order valence-electron chi connectivity index (χ1n) is 3.00. The number of aromatic nitrogens is 1. The monoisotopic (exact) mass is 164 g/mol. The average molecular weight is 165 g/mol. The number of rotatable bonds is 1. The second-order valence-corrected chi connectivity index (χ2v) is 2.26. The summed E-state index contributed by atoms with van der Waals surface area (Å²) in [6, 6.07) is 5.34. The maximum absolute atomic E-state index is 8.27. The third-order valence-electron chi connectivity index (χ3n) is 1.15. The Balaban J connectivity index is 2.96. The second kappa shape index (κ2) is 3.75. The van der Waals surface area contributed by atoms with E-state index in [2.05, 4.69) is 4.98 Å². The van der Waals surface area contributed by atoms with Gasteiger partial charge in [-0.25, -0.2) is 0 Å². The Morgan fingerprint density at radius 3 is 2.73 bits per heavy atom. The minimum Gasteiger partial charge on any atom is -0.265 e. The van der Waals surface area contributed by atoms with E-state index in [1.165, 1.54) is 6.08 Å². The molecule has 11 heavy (non-hydrogen) atoms. The smallest absolute Gasteiger partial charge is 0.0927 e. The molecule has 1 aromatic heterocycles. The molecule has 0 fully saturated rings. The van der Waals surface area contributed by atoms with Crippen LogP contribution in [-0.4, -0.2) is 4.98 Å². The molecule has 0 atom stereocenters. The summed E-state index contributed by atoms with van der Waals surface area (Å²) in [5, 5.41) is 8.71. The summed E-state index contributed by atoms with van der Waals surface area (Å²) in [7, 11) is 0. The van der Waals surface area contributed by atoms with Crippen molar-refractivity contribution in [1.29, 1.82) is 5.26 Å². The van der Waals surface area contributed by atoms with Crippen LogP contribution in [0, 0.1) is 11.3 Å². The van der Waals surface area contributed by atoms with Crippen molar-refractivity contribution >= 4 is 16.6 Å². The van der Waals surface area contributed by atoms with Crippen LogP contribution in [0.25, 0.3) is 5.03 Å². The number of nitrogens with zero attached hydrogens (tertiary/aromatic N) is 2. The molecule has 1 heterocycles. The van der Waals surface area contributed by atoms with Gasteiger partial charge in [-0.05, 0) is 17.7 Å². The summed E-state index contributed by atoms with van der Waals surface area (Å²) in [6.07, 6.45) is 4.54. The van der Waals surface area contributed by atoms with E-state index in [4.69, 9.17) is 16.9 Å². The van der Waals surface area contributed by atoms with Crippen LogP contribution in [0.3, 0.4) is 0 Å². The topological polar surface area (TPSA) is 36.7 Å². The van der Waals surface area contributed by atoms with Gasteiger partial charge in [-0.15, -0.1) is 0 Å². The van der Waals surface area contributed by atoms with Crippen LogP contribution in [0.1, 0.15) is 5.56 Å². The number of allylic oxidation sites excluding steroid dienone is 1. The standard InChI is InChI=1S/C8H5ClN2/c9-8(1-4-10)7-2-5-11-6-3-7/h1-3,5-6H/b8-1-. The first kappa shape index (κ1) is 7.77. The molecule has 0 aliphatic heterocycles. The van der Waals surface area contributed by atoms with Crippen LogP contribution in [0.15, 0.2) is 30.6 Å². The van der Waals surface area contributed by atoms with E-state index in [1.807, 2.05) is 6.07 Å². The molecule has 1 aromatic rings. The van der Waals surface area contributed by atoms with E-state index >= 15 is 0 Å². The van der Waals surface area contributed by atoms with Crippen molar-refractivity contribution in [3.8, 4) is 6.07 Å². The maximum atomic E-state index is 8.27. The van der Waals surface area contributed by atoms with Crippen molar-refractivity contribution in [3.05, 3.63) is 36.2 Å². The van der Waals surface area contributed by atoms with Crippen LogP contribution in [0.5, 0.6) is 0 Å². The summed E-state index contributed by atoms with van der Waals surface area (Å²) in [4.78, 5) is 3.82. The fourth-order valence-electron chi connectivity index (χ4n) is 0.651. The predicted octanol–water partition coefficient (Wildman–Crippen LogP) is 2.18. The highest BCUT2D eigenvalue weighted by atomic mass is 35.5. The largest absolute Gasteiger partial charge is 0.265 e. The van der Waals surface area contributed by atoms with Gasteiger partial charge >= 0.3 is 0 Å². The van der Waals surface area contributed by atoms with Gasteiger partial charge in [0.15, 0.2) is 0 Å². The Morgan fingerprint density at radius 2 is 2.18 bits per heavy atom. The van der Waals surface area contributed by atoms with Crippen LogP contribution in [-0.2, 0) is 0 Å². The van der Waals surface area contributed by atoms with Gasteiger partial charge in [0.25, 0.3) is 0 Å². The summed E-state index contributed by atoms with van der Waals surface area (Å²) in [6.45, 7) is 0. The zero-order chi connectivity index (χ0) is 8.10. The van der Waals surface area contributed by atoms with Gasteiger partial charge in [-0.2, -0.15) is 5.26 Å². The van der Waals surface area contributed by atoms with Crippen molar-refractivity contribution in [2.45, 2.75) is 0 Å². The summed E-state index contributed by atoms with van der Waals surface area (Å²) in [5.41, 5.74) is 0.809. The van der Waals surface area contributed by atoms with Crippen molar-refractivity contribution in [2.24, 2.45) is 0 Å². The Kier molecular flexibility index (Phi) is 2.65. The Labute approximate surface area is 69.8 Å². The first-order valence-corrected chi connectivity index (χ1v) is 3.38. The second-order valence-electron chi connectivity index (χ2n) is 1.86. The van der Waals surface area contributed by atoms with Crippen molar-refractivity contribution in [3.63, 3.8) is 0 Å². The normalized spacial score (nSPS) is 10.7. The summed E-state index contributed by atoms with van der Waals surface area (Å²) >= 11 is 5.72. The molecule has 0 saturated carbocycles. The molecule has 0 bridgehead atoms. The highest BCUT2D eigenvalue weighted by Gasteiger charge is 1.93. The van der Waals surface area contributed by atoms with Crippen LogP contribution >= 0.6 is 11.6 Å². The molecule has 54 valence electrons. The predicted molar refractivity (Wildman–Crippen MR) is 43.7 cm³/mol. The molecule has 1 rings (SSSR count).